The molecule has 3 aromatic carbocycles. The predicted molar refractivity (Wildman–Crippen MR) is 86.3 cm³/mol. The summed E-state index contributed by atoms with van der Waals surface area (Å²) < 4.78 is 2.36. The van der Waals surface area contributed by atoms with Gasteiger partial charge in [-0.1, -0.05) is 24.3 Å². The van der Waals surface area contributed by atoms with Crippen LogP contribution in [0.4, 0.5) is 0 Å². The van der Waals surface area contributed by atoms with Gasteiger partial charge in [0.1, 0.15) is 0 Å². The van der Waals surface area contributed by atoms with E-state index in [2.05, 4.69) is 82.1 Å². The number of hydrogen-bond acceptors (Lipinski definition) is 0. The van der Waals surface area contributed by atoms with Crippen LogP contribution in [-0.2, 0) is 0 Å². The van der Waals surface area contributed by atoms with Gasteiger partial charge in [-0.25, -0.2) is 0 Å². The summed E-state index contributed by atoms with van der Waals surface area (Å²) in [5.74, 6) is 0. The zero-order chi connectivity index (χ0) is 12.9. The van der Waals surface area contributed by atoms with Crippen molar-refractivity contribution in [2.24, 2.45) is 0 Å². The molecule has 0 N–H and O–H groups in total. The molecule has 3 rings (SSSR count). The Bertz CT molecular complexity index is 707. The minimum atomic E-state index is 1.18. The SMILES string of the molecule is Cc1cc2c(Br)c3ccccc3c(Br)c2cc1C. The molecule has 0 bridgehead atoms. The van der Waals surface area contributed by atoms with Crippen molar-refractivity contribution < 1.29 is 0 Å². The zero-order valence-electron chi connectivity index (χ0n) is 10.2. The van der Waals surface area contributed by atoms with E-state index < -0.39 is 0 Å². The summed E-state index contributed by atoms with van der Waals surface area (Å²) in [7, 11) is 0. The molecule has 3 aromatic rings. The maximum Gasteiger partial charge on any atom is 0.0333 e. The Morgan fingerprint density at radius 1 is 0.667 bits per heavy atom. The van der Waals surface area contributed by atoms with Gasteiger partial charge in [-0.15, -0.1) is 0 Å². The number of hydrogen-bond donors (Lipinski definition) is 0. The van der Waals surface area contributed by atoms with E-state index in [-0.39, 0.29) is 0 Å². The quantitative estimate of drug-likeness (QED) is 0.421. The van der Waals surface area contributed by atoms with E-state index in [0.717, 1.165) is 0 Å². The topological polar surface area (TPSA) is 0 Å². The van der Waals surface area contributed by atoms with E-state index in [1.165, 1.54) is 41.6 Å². The highest BCUT2D eigenvalue weighted by atomic mass is 79.9. The molecule has 2 heteroatoms. The Labute approximate surface area is 123 Å². The van der Waals surface area contributed by atoms with Crippen LogP contribution in [-0.4, -0.2) is 0 Å². The average Bonchev–Trinajstić information content (AvgIpc) is 2.38. The third kappa shape index (κ3) is 1.70. The maximum atomic E-state index is 3.75. The number of fused-ring (bicyclic) bond motifs is 2. The van der Waals surface area contributed by atoms with Crippen molar-refractivity contribution in [2.45, 2.75) is 13.8 Å². The van der Waals surface area contributed by atoms with Crippen molar-refractivity contribution in [3.05, 3.63) is 56.5 Å². The van der Waals surface area contributed by atoms with Gasteiger partial charge in [0.2, 0.25) is 0 Å². The van der Waals surface area contributed by atoms with E-state index in [1.807, 2.05) is 0 Å². The molecular weight excluding hydrogens is 352 g/mol. The highest BCUT2D eigenvalue weighted by Gasteiger charge is 2.11. The van der Waals surface area contributed by atoms with Gasteiger partial charge >= 0.3 is 0 Å². The van der Waals surface area contributed by atoms with Crippen LogP contribution in [0.15, 0.2) is 45.3 Å². The Kier molecular flexibility index (Phi) is 2.95. The minimum Gasteiger partial charge on any atom is -0.0616 e. The van der Waals surface area contributed by atoms with Crippen molar-refractivity contribution in [3.8, 4) is 0 Å². The summed E-state index contributed by atoms with van der Waals surface area (Å²) in [6.45, 7) is 4.31. The van der Waals surface area contributed by atoms with Crippen LogP contribution in [0.2, 0.25) is 0 Å². The molecule has 0 aliphatic heterocycles. The molecule has 0 aliphatic rings. The van der Waals surface area contributed by atoms with Gasteiger partial charge in [0.05, 0.1) is 0 Å². The van der Waals surface area contributed by atoms with Gasteiger partial charge in [0.15, 0.2) is 0 Å². The largest absolute Gasteiger partial charge is 0.0616 e. The van der Waals surface area contributed by atoms with Crippen molar-refractivity contribution in [3.63, 3.8) is 0 Å². The Morgan fingerprint density at radius 3 is 1.44 bits per heavy atom. The first-order valence-electron chi connectivity index (χ1n) is 5.86. The maximum absolute atomic E-state index is 3.75. The smallest absolute Gasteiger partial charge is 0.0333 e. The fourth-order valence-electron chi connectivity index (χ4n) is 2.34. The monoisotopic (exact) mass is 362 g/mol. The molecule has 0 amide bonds. The molecule has 0 aromatic heterocycles. The van der Waals surface area contributed by atoms with Crippen molar-refractivity contribution in [2.75, 3.05) is 0 Å². The lowest BCUT2D eigenvalue weighted by Crippen LogP contribution is -1.87. The van der Waals surface area contributed by atoms with Gasteiger partial charge < -0.3 is 0 Å². The fraction of sp³-hybridized carbons (Fsp3) is 0.125. The molecule has 0 aliphatic carbocycles. The Hall–Kier alpha value is -0.860. The average molecular weight is 364 g/mol. The summed E-state index contributed by atoms with van der Waals surface area (Å²) in [6, 6.07) is 13.0. The lowest BCUT2D eigenvalue weighted by atomic mass is 9.99. The Morgan fingerprint density at radius 2 is 1.06 bits per heavy atom. The first-order chi connectivity index (χ1) is 8.59. The first-order valence-corrected chi connectivity index (χ1v) is 7.45. The number of benzene rings is 3. The van der Waals surface area contributed by atoms with Gasteiger partial charge in [-0.3, -0.25) is 0 Å². The molecule has 0 saturated heterocycles. The molecule has 90 valence electrons. The molecule has 0 nitrogen and oxygen atoms in total. The molecule has 0 saturated carbocycles. The number of aryl methyl sites for hydroxylation is 2. The van der Waals surface area contributed by atoms with E-state index in [0.29, 0.717) is 0 Å². The Balaban J connectivity index is 2.62. The van der Waals surface area contributed by atoms with Crippen LogP contribution >= 0.6 is 31.9 Å². The number of halogens is 2. The zero-order valence-corrected chi connectivity index (χ0v) is 13.4. The molecular formula is C16H12Br2. The normalized spacial score (nSPS) is 11.3. The van der Waals surface area contributed by atoms with E-state index >= 15 is 0 Å². The van der Waals surface area contributed by atoms with Gasteiger partial charge in [-0.2, -0.15) is 0 Å². The summed E-state index contributed by atoms with van der Waals surface area (Å²) in [5, 5.41) is 5.03. The van der Waals surface area contributed by atoms with E-state index in [9.17, 15) is 0 Å². The van der Waals surface area contributed by atoms with Crippen LogP contribution in [0, 0.1) is 13.8 Å². The minimum absolute atomic E-state index is 1.18. The van der Waals surface area contributed by atoms with Crippen LogP contribution in [0.1, 0.15) is 11.1 Å². The van der Waals surface area contributed by atoms with Gasteiger partial charge in [-0.05, 0) is 90.5 Å². The number of rotatable bonds is 0. The third-order valence-electron chi connectivity index (χ3n) is 3.51. The van der Waals surface area contributed by atoms with E-state index in [1.54, 1.807) is 0 Å². The highest BCUT2D eigenvalue weighted by molar-refractivity contribution is 9.11. The molecule has 0 spiro atoms. The molecule has 0 atom stereocenters. The third-order valence-corrected chi connectivity index (χ3v) is 5.22. The molecule has 18 heavy (non-hydrogen) atoms. The molecule has 0 unspecified atom stereocenters. The standard InChI is InChI=1S/C16H12Br2/c1-9-7-13-14(8-10(9)2)16(18)12-6-4-3-5-11(12)15(13)17/h3-8H,1-2H3. The van der Waals surface area contributed by atoms with Crippen molar-refractivity contribution in [1.82, 2.24) is 0 Å². The van der Waals surface area contributed by atoms with Crippen LogP contribution in [0.3, 0.4) is 0 Å². The second kappa shape index (κ2) is 4.36. The molecule has 0 heterocycles. The lowest BCUT2D eigenvalue weighted by Gasteiger charge is -2.12. The summed E-state index contributed by atoms with van der Waals surface area (Å²) >= 11 is 7.51. The highest BCUT2D eigenvalue weighted by Crippen LogP contribution is 2.40. The van der Waals surface area contributed by atoms with Gasteiger partial charge in [0, 0.05) is 8.95 Å². The van der Waals surface area contributed by atoms with Crippen LogP contribution < -0.4 is 0 Å². The predicted octanol–water partition coefficient (Wildman–Crippen LogP) is 6.13. The van der Waals surface area contributed by atoms with Crippen LogP contribution in [0.5, 0.6) is 0 Å². The second-order valence-corrected chi connectivity index (χ2v) is 6.24. The van der Waals surface area contributed by atoms with Gasteiger partial charge in [0.25, 0.3) is 0 Å². The summed E-state index contributed by atoms with van der Waals surface area (Å²) in [4.78, 5) is 0. The van der Waals surface area contributed by atoms with Crippen LogP contribution in [0.25, 0.3) is 21.5 Å². The van der Waals surface area contributed by atoms with Crippen molar-refractivity contribution >= 4 is 53.4 Å². The fourth-order valence-corrected chi connectivity index (χ4v) is 3.68. The lowest BCUT2D eigenvalue weighted by molar-refractivity contribution is 1.36. The summed E-state index contributed by atoms with van der Waals surface area (Å²) in [6.07, 6.45) is 0. The second-order valence-electron chi connectivity index (χ2n) is 4.66. The first kappa shape index (κ1) is 12.2. The van der Waals surface area contributed by atoms with E-state index in [4.69, 9.17) is 0 Å². The molecule has 0 radical (unpaired) electrons. The summed E-state index contributed by atoms with van der Waals surface area (Å²) in [5.41, 5.74) is 2.65. The molecule has 0 fully saturated rings. The van der Waals surface area contributed by atoms with Crippen molar-refractivity contribution in [1.29, 1.82) is 0 Å².